The van der Waals surface area contributed by atoms with Crippen molar-refractivity contribution in [2.24, 2.45) is 0 Å². The number of carbonyl (C=O) groups is 2. The lowest BCUT2D eigenvalue weighted by Crippen LogP contribution is -2.42. The van der Waals surface area contributed by atoms with Crippen molar-refractivity contribution in [1.82, 2.24) is 25.7 Å². The number of likely N-dealkylation sites (N-methyl/N-ethyl adjacent to an activating group) is 1. The second kappa shape index (κ2) is 8.41. The molecule has 2 N–H and O–H groups in total. The Labute approximate surface area is 156 Å². The summed E-state index contributed by atoms with van der Waals surface area (Å²) in [7, 11) is 0. The van der Waals surface area contributed by atoms with E-state index in [9.17, 15) is 9.59 Å². The molecule has 1 saturated heterocycles. The van der Waals surface area contributed by atoms with Gasteiger partial charge in [-0.15, -0.1) is 0 Å². The first-order valence-electron chi connectivity index (χ1n) is 8.77. The molecule has 3 rings (SSSR count). The molecule has 2 aromatic rings. The third-order valence-electron chi connectivity index (χ3n) is 4.34. The van der Waals surface area contributed by atoms with Crippen LogP contribution in [-0.4, -0.2) is 52.0 Å². The molecule has 2 aromatic heterocycles. The van der Waals surface area contributed by atoms with Gasteiger partial charge in [-0.05, 0) is 24.8 Å². The minimum Gasteiger partial charge on any atom is -0.355 e. The number of amides is 2. The van der Waals surface area contributed by atoms with Crippen molar-refractivity contribution in [3.8, 4) is 0 Å². The molecular formula is C17H23N5O3S. The van der Waals surface area contributed by atoms with Gasteiger partial charge in [-0.25, -0.2) is 0 Å². The molecule has 0 bridgehead atoms. The van der Waals surface area contributed by atoms with Crippen LogP contribution in [0.1, 0.15) is 42.3 Å². The van der Waals surface area contributed by atoms with Crippen molar-refractivity contribution >= 4 is 23.2 Å². The van der Waals surface area contributed by atoms with Crippen LogP contribution in [-0.2, 0) is 17.8 Å². The molecule has 0 aromatic carbocycles. The molecule has 1 fully saturated rings. The normalized spacial score (nSPS) is 20.2. The van der Waals surface area contributed by atoms with Crippen LogP contribution in [0.25, 0.3) is 0 Å². The lowest BCUT2D eigenvalue weighted by Gasteiger charge is -2.21. The maximum Gasteiger partial charge on any atom is 0.252 e. The zero-order valence-corrected chi connectivity index (χ0v) is 15.7. The summed E-state index contributed by atoms with van der Waals surface area (Å²) in [6.07, 6.45) is 1.25. The molecule has 2 amide bonds. The summed E-state index contributed by atoms with van der Waals surface area (Å²) >= 11 is 1.48. The molecule has 0 spiro atoms. The monoisotopic (exact) mass is 377 g/mol. The van der Waals surface area contributed by atoms with E-state index in [0.29, 0.717) is 49.8 Å². The highest BCUT2D eigenvalue weighted by molar-refractivity contribution is 7.08. The van der Waals surface area contributed by atoms with Crippen LogP contribution in [0.5, 0.6) is 0 Å². The third kappa shape index (κ3) is 4.28. The molecule has 140 valence electrons. The number of thiophene rings is 1. The average Bonchev–Trinajstić information content (AvgIpc) is 3.36. The van der Waals surface area contributed by atoms with Crippen molar-refractivity contribution in [2.45, 2.75) is 45.3 Å². The van der Waals surface area contributed by atoms with Crippen LogP contribution in [0.3, 0.4) is 0 Å². The minimum atomic E-state index is -0.334. The third-order valence-corrected chi connectivity index (χ3v) is 5.02. The Bertz CT molecular complexity index is 745. The van der Waals surface area contributed by atoms with Gasteiger partial charge < -0.3 is 15.2 Å². The van der Waals surface area contributed by atoms with E-state index < -0.39 is 0 Å². The van der Waals surface area contributed by atoms with Crippen LogP contribution in [0.4, 0.5) is 0 Å². The SMILES string of the molecule is CCNC(=O)[C@@H]1C[C@H](NC(=O)c2ccsc2)CN1Cc1nc(CC)no1. The number of aromatic nitrogens is 2. The van der Waals surface area contributed by atoms with Gasteiger partial charge in [0.2, 0.25) is 11.8 Å². The first-order valence-corrected chi connectivity index (χ1v) is 9.71. The summed E-state index contributed by atoms with van der Waals surface area (Å²) in [6.45, 7) is 5.35. The van der Waals surface area contributed by atoms with Crippen LogP contribution < -0.4 is 10.6 Å². The van der Waals surface area contributed by atoms with Gasteiger partial charge in [-0.2, -0.15) is 16.3 Å². The lowest BCUT2D eigenvalue weighted by atomic mass is 10.1. The van der Waals surface area contributed by atoms with E-state index >= 15 is 0 Å². The highest BCUT2D eigenvalue weighted by Crippen LogP contribution is 2.21. The topological polar surface area (TPSA) is 100 Å². The Balaban J connectivity index is 1.68. The number of hydrogen-bond acceptors (Lipinski definition) is 7. The maximum absolute atomic E-state index is 12.4. The zero-order valence-electron chi connectivity index (χ0n) is 14.9. The van der Waals surface area contributed by atoms with E-state index in [0.717, 1.165) is 0 Å². The first-order chi connectivity index (χ1) is 12.6. The molecule has 9 heteroatoms. The summed E-state index contributed by atoms with van der Waals surface area (Å²) in [6, 6.07) is 1.35. The zero-order chi connectivity index (χ0) is 18.5. The van der Waals surface area contributed by atoms with E-state index in [-0.39, 0.29) is 23.9 Å². The number of aryl methyl sites for hydroxylation is 1. The highest BCUT2D eigenvalue weighted by atomic mass is 32.1. The van der Waals surface area contributed by atoms with Gasteiger partial charge in [-0.3, -0.25) is 14.5 Å². The second-order valence-corrected chi connectivity index (χ2v) is 7.00. The van der Waals surface area contributed by atoms with Crippen molar-refractivity contribution in [2.75, 3.05) is 13.1 Å². The van der Waals surface area contributed by atoms with E-state index in [4.69, 9.17) is 4.52 Å². The molecule has 0 saturated carbocycles. The first kappa shape index (κ1) is 18.5. The molecule has 2 atom stereocenters. The predicted molar refractivity (Wildman–Crippen MR) is 96.7 cm³/mol. The quantitative estimate of drug-likeness (QED) is 0.752. The fraction of sp³-hybridized carbons (Fsp3) is 0.529. The molecule has 0 radical (unpaired) electrons. The highest BCUT2D eigenvalue weighted by Gasteiger charge is 2.38. The van der Waals surface area contributed by atoms with Crippen molar-refractivity contribution < 1.29 is 14.1 Å². The van der Waals surface area contributed by atoms with E-state index in [1.165, 1.54) is 11.3 Å². The smallest absolute Gasteiger partial charge is 0.252 e. The second-order valence-electron chi connectivity index (χ2n) is 6.22. The number of nitrogens with zero attached hydrogens (tertiary/aromatic N) is 3. The summed E-state index contributed by atoms with van der Waals surface area (Å²) in [5.41, 5.74) is 0.646. The van der Waals surface area contributed by atoms with E-state index in [1.807, 2.05) is 29.5 Å². The Hall–Kier alpha value is -2.26. The minimum absolute atomic E-state index is 0.0463. The van der Waals surface area contributed by atoms with Gasteiger partial charge in [0, 0.05) is 36.5 Å². The van der Waals surface area contributed by atoms with Gasteiger partial charge in [-0.1, -0.05) is 12.1 Å². The molecule has 0 unspecified atom stereocenters. The van der Waals surface area contributed by atoms with Crippen molar-refractivity contribution in [1.29, 1.82) is 0 Å². The molecule has 8 nitrogen and oxygen atoms in total. The largest absolute Gasteiger partial charge is 0.355 e. The number of hydrogen-bond donors (Lipinski definition) is 2. The molecule has 26 heavy (non-hydrogen) atoms. The Morgan fingerprint density at radius 3 is 2.92 bits per heavy atom. The lowest BCUT2D eigenvalue weighted by molar-refractivity contribution is -0.125. The number of likely N-dealkylation sites (tertiary alicyclic amines) is 1. The number of carbonyl (C=O) groups excluding carboxylic acids is 2. The van der Waals surface area contributed by atoms with Crippen LogP contribution >= 0.6 is 11.3 Å². The Morgan fingerprint density at radius 1 is 1.42 bits per heavy atom. The van der Waals surface area contributed by atoms with Crippen molar-refractivity contribution in [3.05, 3.63) is 34.1 Å². The van der Waals surface area contributed by atoms with Gasteiger partial charge >= 0.3 is 0 Å². The molecule has 3 heterocycles. The molecule has 0 aliphatic carbocycles. The Kier molecular flexibility index (Phi) is 6.00. The van der Waals surface area contributed by atoms with Gasteiger partial charge in [0.05, 0.1) is 12.6 Å². The molecule has 1 aliphatic heterocycles. The van der Waals surface area contributed by atoms with E-state index in [1.54, 1.807) is 6.07 Å². The average molecular weight is 377 g/mol. The summed E-state index contributed by atoms with van der Waals surface area (Å²) in [4.78, 5) is 31.0. The van der Waals surface area contributed by atoms with Gasteiger partial charge in [0.25, 0.3) is 5.91 Å². The fourth-order valence-electron chi connectivity index (χ4n) is 3.08. The predicted octanol–water partition coefficient (Wildman–Crippen LogP) is 1.20. The Morgan fingerprint density at radius 2 is 2.27 bits per heavy atom. The number of rotatable bonds is 7. The molecular weight excluding hydrogens is 354 g/mol. The number of nitrogens with one attached hydrogen (secondary N) is 2. The maximum atomic E-state index is 12.4. The summed E-state index contributed by atoms with van der Waals surface area (Å²) < 4.78 is 5.26. The van der Waals surface area contributed by atoms with Gasteiger partial charge in [0.15, 0.2) is 5.82 Å². The standard InChI is InChI=1S/C17H23N5O3S/c1-3-14-20-15(25-21-14)9-22-8-12(7-13(22)17(24)18-4-2)19-16(23)11-5-6-26-10-11/h5-6,10,12-13H,3-4,7-9H2,1-2H3,(H,18,24)(H,19,23)/t12-,13-/m0/s1. The van der Waals surface area contributed by atoms with Crippen LogP contribution in [0.15, 0.2) is 21.3 Å². The van der Waals surface area contributed by atoms with Crippen LogP contribution in [0.2, 0.25) is 0 Å². The summed E-state index contributed by atoms with van der Waals surface area (Å²) in [5.74, 6) is 0.978. The van der Waals surface area contributed by atoms with E-state index in [2.05, 4.69) is 20.8 Å². The fourth-order valence-corrected chi connectivity index (χ4v) is 3.72. The molecule has 1 aliphatic rings. The van der Waals surface area contributed by atoms with Crippen molar-refractivity contribution in [3.63, 3.8) is 0 Å². The summed E-state index contributed by atoms with van der Waals surface area (Å²) in [5, 5.41) is 13.5. The van der Waals surface area contributed by atoms with Gasteiger partial charge in [0.1, 0.15) is 0 Å². The van der Waals surface area contributed by atoms with Crippen LogP contribution in [0, 0.1) is 0 Å².